The van der Waals surface area contributed by atoms with E-state index < -0.39 is 0 Å². The van der Waals surface area contributed by atoms with Gasteiger partial charge in [-0.05, 0) is 46.3 Å². The summed E-state index contributed by atoms with van der Waals surface area (Å²) in [4.78, 5) is 1.00. The fraction of sp³-hybridized carbons (Fsp3) is 0.200. The van der Waals surface area contributed by atoms with Crippen LogP contribution in [0.3, 0.4) is 0 Å². The Morgan fingerprint density at radius 3 is 2.54 bits per heavy atom. The van der Waals surface area contributed by atoms with Gasteiger partial charge in [-0.25, -0.2) is 0 Å². The maximum Gasteiger partial charge on any atom is 0.173 e. The van der Waals surface area contributed by atoms with E-state index in [-0.39, 0.29) is 0 Å². The van der Waals surface area contributed by atoms with Crippen LogP contribution in [0.15, 0.2) is 38.3 Å². The molecule has 0 saturated heterocycles. The normalized spacial score (nSPS) is 10.1. The van der Waals surface area contributed by atoms with Crippen LogP contribution in [-0.4, -0.2) is 0 Å². The highest BCUT2D eigenvalue weighted by molar-refractivity contribution is 9.10. The fourth-order valence-electron chi connectivity index (χ4n) is 0.877. The average molecular weight is 259 g/mol. The third-order valence-electron chi connectivity index (χ3n) is 1.39. The number of thioether (sulfide) groups is 1. The van der Waals surface area contributed by atoms with Crippen LogP contribution in [0.1, 0.15) is 19.4 Å². The molecule has 3 heteroatoms. The van der Waals surface area contributed by atoms with Gasteiger partial charge in [-0.15, -0.1) is 0 Å². The zero-order valence-corrected chi connectivity index (χ0v) is 10.1. The second kappa shape index (κ2) is 4.20. The van der Waals surface area contributed by atoms with Crippen LogP contribution in [0.4, 0.5) is 0 Å². The van der Waals surface area contributed by atoms with E-state index in [0.717, 1.165) is 25.8 Å². The Kier molecular flexibility index (Phi) is 3.45. The molecule has 0 unspecified atom stereocenters. The van der Waals surface area contributed by atoms with E-state index in [0.29, 0.717) is 0 Å². The van der Waals surface area contributed by atoms with E-state index in [1.54, 1.807) is 0 Å². The Hall–Kier alpha value is -0.410. The molecule has 1 aromatic rings. The molecule has 1 aromatic heterocycles. The molecule has 13 heavy (non-hydrogen) atoms. The minimum atomic E-state index is 0.731. The zero-order chi connectivity index (χ0) is 10.0. The molecule has 0 fully saturated rings. The van der Waals surface area contributed by atoms with Crippen LogP contribution in [0.25, 0.3) is 5.57 Å². The summed E-state index contributed by atoms with van der Waals surface area (Å²) in [6.07, 6.45) is 0. The van der Waals surface area contributed by atoms with Crippen LogP contribution >= 0.6 is 27.7 Å². The summed E-state index contributed by atoms with van der Waals surface area (Å²) in [6.45, 7) is 11.6. The molecule has 1 heterocycles. The van der Waals surface area contributed by atoms with Crippen molar-refractivity contribution in [3.63, 3.8) is 0 Å². The number of rotatable bonds is 3. The van der Waals surface area contributed by atoms with E-state index >= 15 is 0 Å². The monoisotopic (exact) mass is 258 g/mol. The lowest BCUT2D eigenvalue weighted by molar-refractivity contribution is 0.452. The molecule has 1 nitrogen and oxygen atoms in total. The molecular formula is C10H11BrOS. The second-order valence-electron chi connectivity index (χ2n) is 2.84. The van der Waals surface area contributed by atoms with Gasteiger partial charge in [0.2, 0.25) is 0 Å². The molecular weight excluding hydrogens is 248 g/mol. The first kappa shape index (κ1) is 10.7. The second-order valence-corrected chi connectivity index (χ2v) is 4.89. The van der Waals surface area contributed by atoms with Gasteiger partial charge in [0.15, 0.2) is 9.76 Å². The lowest BCUT2D eigenvalue weighted by atomic mass is 10.2. The summed E-state index contributed by atoms with van der Waals surface area (Å²) in [5.41, 5.74) is 2.04. The van der Waals surface area contributed by atoms with Gasteiger partial charge in [-0.1, -0.05) is 24.9 Å². The molecule has 0 aliphatic heterocycles. The van der Waals surface area contributed by atoms with E-state index in [1.807, 2.05) is 19.9 Å². The highest BCUT2D eigenvalue weighted by Gasteiger charge is 2.10. The Morgan fingerprint density at radius 1 is 1.46 bits per heavy atom. The first-order chi connectivity index (χ1) is 6.00. The SMILES string of the molecule is C=C(C)Sc1oc(Br)cc1C(=C)C. The van der Waals surface area contributed by atoms with Crippen LogP contribution in [-0.2, 0) is 0 Å². The van der Waals surface area contributed by atoms with Crippen molar-refractivity contribution in [2.75, 3.05) is 0 Å². The summed E-state index contributed by atoms with van der Waals surface area (Å²) in [6, 6.07) is 1.92. The standard InChI is InChI=1S/C10H11BrOS/c1-6(2)8-5-9(11)12-10(8)13-7(3)4/h5H,1,3H2,2,4H3. The maximum absolute atomic E-state index is 5.44. The first-order valence-corrected chi connectivity index (χ1v) is 5.40. The highest BCUT2D eigenvalue weighted by Crippen LogP contribution is 2.35. The van der Waals surface area contributed by atoms with E-state index in [1.165, 1.54) is 11.8 Å². The van der Waals surface area contributed by atoms with Crippen molar-refractivity contribution in [3.8, 4) is 0 Å². The maximum atomic E-state index is 5.44. The summed E-state index contributed by atoms with van der Waals surface area (Å²) in [5.74, 6) is 0. The Bertz CT molecular complexity index is 352. The number of halogens is 1. The van der Waals surface area contributed by atoms with Crippen LogP contribution in [0.2, 0.25) is 0 Å². The van der Waals surface area contributed by atoms with E-state index in [4.69, 9.17) is 4.42 Å². The van der Waals surface area contributed by atoms with Gasteiger partial charge in [0, 0.05) is 5.56 Å². The quantitative estimate of drug-likeness (QED) is 0.730. The number of furan rings is 1. The molecule has 1 rings (SSSR count). The van der Waals surface area contributed by atoms with Crippen LogP contribution < -0.4 is 0 Å². The lowest BCUT2D eigenvalue weighted by Gasteiger charge is -1.99. The fourth-order valence-corrected chi connectivity index (χ4v) is 2.17. The molecule has 0 radical (unpaired) electrons. The molecule has 0 amide bonds. The molecule has 0 atom stereocenters. The minimum absolute atomic E-state index is 0.731. The molecule has 0 aliphatic carbocycles. The number of hydrogen-bond acceptors (Lipinski definition) is 2. The van der Waals surface area contributed by atoms with Gasteiger partial charge in [0.25, 0.3) is 0 Å². The van der Waals surface area contributed by atoms with Gasteiger partial charge in [-0.3, -0.25) is 0 Å². The van der Waals surface area contributed by atoms with Gasteiger partial charge in [-0.2, -0.15) is 0 Å². The topological polar surface area (TPSA) is 13.1 Å². The first-order valence-electron chi connectivity index (χ1n) is 3.79. The van der Waals surface area contributed by atoms with Crippen molar-refractivity contribution in [1.82, 2.24) is 0 Å². The molecule has 0 aromatic carbocycles. The largest absolute Gasteiger partial charge is 0.442 e. The number of hydrogen-bond donors (Lipinski definition) is 0. The average Bonchev–Trinajstić information content (AvgIpc) is 2.29. The molecule has 70 valence electrons. The third kappa shape index (κ3) is 2.78. The van der Waals surface area contributed by atoms with Gasteiger partial charge >= 0.3 is 0 Å². The smallest absolute Gasteiger partial charge is 0.173 e. The lowest BCUT2D eigenvalue weighted by Crippen LogP contribution is -1.75. The van der Waals surface area contributed by atoms with E-state index in [2.05, 4.69) is 29.1 Å². The van der Waals surface area contributed by atoms with Crippen molar-refractivity contribution >= 4 is 33.3 Å². The summed E-state index contributed by atoms with van der Waals surface area (Å²) in [7, 11) is 0. The molecule has 0 saturated carbocycles. The van der Waals surface area contributed by atoms with Crippen LogP contribution in [0.5, 0.6) is 0 Å². The Morgan fingerprint density at radius 2 is 2.08 bits per heavy atom. The van der Waals surface area contributed by atoms with Crippen LogP contribution in [0, 0.1) is 0 Å². The van der Waals surface area contributed by atoms with Crippen molar-refractivity contribution < 1.29 is 4.42 Å². The Balaban J connectivity index is 3.04. The van der Waals surface area contributed by atoms with Gasteiger partial charge < -0.3 is 4.42 Å². The van der Waals surface area contributed by atoms with Gasteiger partial charge in [0.1, 0.15) is 0 Å². The van der Waals surface area contributed by atoms with Crippen molar-refractivity contribution in [2.24, 2.45) is 0 Å². The van der Waals surface area contributed by atoms with E-state index in [9.17, 15) is 0 Å². The molecule has 0 N–H and O–H groups in total. The summed E-state index contributed by atoms with van der Waals surface area (Å²) in [5, 5.41) is 0.854. The Labute approximate surface area is 91.0 Å². The van der Waals surface area contributed by atoms with Crippen molar-refractivity contribution in [2.45, 2.75) is 18.9 Å². The summed E-state index contributed by atoms with van der Waals surface area (Å²) >= 11 is 4.81. The summed E-state index contributed by atoms with van der Waals surface area (Å²) < 4.78 is 6.18. The third-order valence-corrected chi connectivity index (χ3v) is 2.62. The minimum Gasteiger partial charge on any atom is -0.442 e. The highest BCUT2D eigenvalue weighted by atomic mass is 79.9. The number of allylic oxidation sites excluding steroid dienone is 2. The molecule has 0 bridgehead atoms. The predicted octanol–water partition coefficient (Wildman–Crippen LogP) is 4.70. The predicted molar refractivity (Wildman–Crippen MR) is 61.8 cm³/mol. The van der Waals surface area contributed by atoms with Gasteiger partial charge in [0.05, 0.1) is 0 Å². The van der Waals surface area contributed by atoms with Crippen molar-refractivity contribution in [1.29, 1.82) is 0 Å². The molecule has 0 spiro atoms. The zero-order valence-electron chi connectivity index (χ0n) is 7.69. The van der Waals surface area contributed by atoms with Crippen molar-refractivity contribution in [3.05, 3.63) is 34.4 Å². The molecule has 0 aliphatic rings.